The summed E-state index contributed by atoms with van der Waals surface area (Å²) in [6, 6.07) is 6.07. The molecule has 1 aromatic carbocycles. The van der Waals surface area contributed by atoms with Gasteiger partial charge in [-0.3, -0.25) is 4.79 Å². The lowest BCUT2D eigenvalue weighted by molar-refractivity contribution is -0.153. The van der Waals surface area contributed by atoms with Gasteiger partial charge in [-0.2, -0.15) is 13.2 Å². The summed E-state index contributed by atoms with van der Waals surface area (Å²) < 4.78 is 41.2. The Morgan fingerprint density at radius 1 is 1.35 bits per heavy atom. The van der Waals surface area contributed by atoms with E-state index in [4.69, 9.17) is 4.74 Å². The molecule has 0 radical (unpaired) electrons. The number of anilines is 1. The number of ether oxygens (including phenoxy) is 1. The quantitative estimate of drug-likeness (QED) is 0.893. The number of nitrogens with one attached hydrogen (secondary N) is 2. The summed E-state index contributed by atoms with van der Waals surface area (Å²) in [6.45, 7) is 0.526. The third-order valence-electron chi connectivity index (χ3n) is 4.61. The second kappa shape index (κ2) is 6.03. The van der Waals surface area contributed by atoms with Crippen molar-refractivity contribution in [2.45, 2.75) is 25.4 Å². The summed E-state index contributed by atoms with van der Waals surface area (Å²) in [6.07, 6.45) is -1.49. The van der Waals surface area contributed by atoms with E-state index in [1.165, 1.54) is 12.1 Å². The molecule has 2 N–H and O–H groups in total. The molecule has 1 amide bonds. The summed E-state index contributed by atoms with van der Waals surface area (Å²) in [5.74, 6) is 0.0386. The second-order valence-corrected chi connectivity index (χ2v) is 6.29. The van der Waals surface area contributed by atoms with E-state index >= 15 is 0 Å². The highest BCUT2D eigenvalue weighted by molar-refractivity contribution is 5.95. The minimum Gasteiger partial charge on any atom is -0.484 e. The van der Waals surface area contributed by atoms with Crippen molar-refractivity contribution in [1.29, 1.82) is 0 Å². The fourth-order valence-electron chi connectivity index (χ4n) is 3.25. The maximum absolute atomic E-state index is 12.3. The number of alkyl halides is 3. The molecule has 23 heavy (non-hydrogen) atoms. The first-order valence-corrected chi connectivity index (χ1v) is 7.69. The first-order valence-electron chi connectivity index (χ1n) is 7.69. The Morgan fingerprint density at radius 3 is 2.78 bits per heavy atom. The Balaban J connectivity index is 1.57. The van der Waals surface area contributed by atoms with Gasteiger partial charge in [0.15, 0.2) is 6.61 Å². The highest BCUT2D eigenvalue weighted by atomic mass is 19.4. The number of benzene rings is 1. The number of carbonyl (C=O) groups excluding carboxylic acids is 1. The highest BCUT2D eigenvalue weighted by Crippen LogP contribution is 2.58. The van der Waals surface area contributed by atoms with Gasteiger partial charge in [-0.1, -0.05) is 6.07 Å². The Bertz CT molecular complexity index is 583. The monoisotopic (exact) mass is 328 g/mol. The van der Waals surface area contributed by atoms with Gasteiger partial charge in [-0.15, -0.1) is 0 Å². The van der Waals surface area contributed by atoms with Crippen molar-refractivity contribution in [3.63, 3.8) is 0 Å². The van der Waals surface area contributed by atoms with Crippen LogP contribution < -0.4 is 15.4 Å². The lowest BCUT2D eigenvalue weighted by Gasteiger charge is -2.23. The van der Waals surface area contributed by atoms with Crippen molar-refractivity contribution < 1.29 is 22.7 Å². The van der Waals surface area contributed by atoms with E-state index in [9.17, 15) is 18.0 Å². The summed E-state index contributed by atoms with van der Waals surface area (Å²) in [4.78, 5) is 12.3. The van der Waals surface area contributed by atoms with Crippen LogP contribution in [-0.4, -0.2) is 31.8 Å². The van der Waals surface area contributed by atoms with E-state index in [1.54, 1.807) is 12.1 Å². The molecule has 7 heteroatoms. The Kier molecular flexibility index (Phi) is 4.23. The van der Waals surface area contributed by atoms with Gasteiger partial charge < -0.3 is 15.4 Å². The fraction of sp³-hybridized carbons (Fsp3) is 0.562. The van der Waals surface area contributed by atoms with E-state index in [1.807, 2.05) is 0 Å². The van der Waals surface area contributed by atoms with Crippen molar-refractivity contribution >= 4 is 11.6 Å². The number of halogens is 3. The van der Waals surface area contributed by atoms with Gasteiger partial charge >= 0.3 is 6.18 Å². The molecule has 4 nitrogen and oxygen atoms in total. The number of hydrogen-bond donors (Lipinski definition) is 2. The van der Waals surface area contributed by atoms with Crippen LogP contribution in [0.25, 0.3) is 0 Å². The Hall–Kier alpha value is -1.76. The van der Waals surface area contributed by atoms with Crippen LogP contribution >= 0.6 is 0 Å². The van der Waals surface area contributed by atoms with E-state index in [0.717, 1.165) is 32.4 Å². The van der Waals surface area contributed by atoms with Gasteiger partial charge in [0, 0.05) is 17.7 Å². The minimum atomic E-state index is -4.38. The summed E-state index contributed by atoms with van der Waals surface area (Å²) in [7, 11) is 0. The van der Waals surface area contributed by atoms with Crippen molar-refractivity contribution in [3.05, 3.63) is 24.3 Å². The molecule has 0 bridgehead atoms. The molecular formula is C16H19F3N2O2. The van der Waals surface area contributed by atoms with Crippen LogP contribution in [0.1, 0.15) is 19.3 Å². The van der Waals surface area contributed by atoms with Gasteiger partial charge in [0.05, 0.1) is 0 Å². The van der Waals surface area contributed by atoms with Crippen LogP contribution in [0.3, 0.4) is 0 Å². The van der Waals surface area contributed by atoms with E-state index in [2.05, 4.69) is 10.6 Å². The molecule has 1 atom stereocenters. The number of rotatable bonds is 4. The zero-order chi connectivity index (χ0) is 16.5. The lowest BCUT2D eigenvalue weighted by atomic mass is 9.92. The first kappa shape index (κ1) is 16.1. The van der Waals surface area contributed by atoms with Gasteiger partial charge in [-0.05, 0) is 49.9 Å². The average Bonchev–Trinajstić information content (AvgIpc) is 3.19. The average molecular weight is 328 g/mol. The predicted molar refractivity (Wildman–Crippen MR) is 79.3 cm³/mol. The van der Waals surface area contributed by atoms with Crippen LogP contribution in [0, 0.1) is 11.3 Å². The largest absolute Gasteiger partial charge is 0.484 e. The molecule has 1 heterocycles. The number of carbonyl (C=O) groups is 1. The molecular weight excluding hydrogens is 309 g/mol. The van der Waals surface area contributed by atoms with Crippen LogP contribution in [0.4, 0.5) is 18.9 Å². The van der Waals surface area contributed by atoms with Gasteiger partial charge in [0.2, 0.25) is 5.91 Å². The molecule has 1 spiro atoms. The van der Waals surface area contributed by atoms with Crippen molar-refractivity contribution in [2.75, 3.05) is 25.0 Å². The summed E-state index contributed by atoms with van der Waals surface area (Å²) in [5, 5.41) is 6.08. The van der Waals surface area contributed by atoms with Crippen molar-refractivity contribution in [3.8, 4) is 5.75 Å². The molecule has 1 aliphatic carbocycles. The fourth-order valence-corrected chi connectivity index (χ4v) is 3.25. The smallest absolute Gasteiger partial charge is 0.422 e. The topological polar surface area (TPSA) is 50.4 Å². The molecule has 1 saturated carbocycles. The van der Waals surface area contributed by atoms with E-state index in [0.29, 0.717) is 5.69 Å². The molecule has 126 valence electrons. The third kappa shape index (κ3) is 3.96. The SMILES string of the molecule is O=C(Nc1cccc(OCC(F)(F)F)c1)C1CC12CCNCC2. The highest BCUT2D eigenvalue weighted by Gasteiger charge is 2.57. The minimum absolute atomic E-state index is 0.00403. The van der Waals surface area contributed by atoms with Crippen LogP contribution in [0.2, 0.25) is 0 Å². The predicted octanol–water partition coefficient (Wildman–Crippen LogP) is 2.96. The maximum Gasteiger partial charge on any atom is 0.422 e. The molecule has 1 unspecified atom stereocenters. The number of piperidine rings is 1. The Morgan fingerprint density at radius 2 is 2.09 bits per heavy atom. The first-order chi connectivity index (χ1) is 10.9. The standard InChI is InChI=1S/C16H19F3N2O2/c17-16(18,19)10-23-12-3-1-2-11(8-12)21-14(22)13-9-15(13)4-6-20-7-5-15/h1-3,8,13,20H,4-7,9-10H2,(H,21,22). The molecule has 1 aliphatic heterocycles. The zero-order valence-corrected chi connectivity index (χ0v) is 12.6. The summed E-state index contributed by atoms with van der Waals surface area (Å²) in [5.41, 5.74) is 0.588. The van der Waals surface area contributed by atoms with E-state index < -0.39 is 12.8 Å². The molecule has 3 rings (SSSR count). The molecule has 0 aromatic heterocycles. The zero-order valence-electron chi connectivity index (χ0n) is 12.6. The third-order valence-corrected chi connectivity index (χ3v) is 4.61. The summed E-state index contributed by atoms with van der Waals surface area (Å²) >= 11 is 0. The maximum atomic E-state index is 12.3. The second-order valence-electron chi connectivity index (χ2n) is 6.29. The Labute approximate surface area is 132 Å². The normalized spacial score (nSPS) is 22.7. The van der Waals surface area contributed by atoms with Crippen LogP contribution in [0.5, 0.6) is 5.75 Å². The van der Waals surface area contributed by atoms with Crippen molar-refractivity contribution in [2.24, 2.45) is 11.3 Å². The molecule has 2 aliphatic rings. The number of amides is 1. The van der Waals surface area contributed by atoms with Crippen molar-refractivity contribution in [1.82, 2.24) is 5.32 Å². The number of hydrogen-bond acceptors (Lipinski definition) is 3. The van der Waals surface area contributed by atoms with Gasteiger partial charge in [0.25, 0.3) is 0 Å². The molecule has 1 saturated heterocycles. The van der Waals surface area contributed by atoms with E-state index in [-0.39, 0.29) is 23.0 Å². The van der Waals surface area contributed by atoms with Crippen LogP contribution in [0.15, 0.2) is 24.3 Å². The molecule has 2 fully saturated rings. The lowest BCUT2D eigenvalue weighted by Crippen LogP contribution is -2.31. The van der Waals surface area contributed by atoms with Gasteiger partial charge in [0.1, 0.15) is 5.75 Å². The molecule has 1 aromatic rings. The van der Waals surface area contributed by atoms with Gasteiger partial charge in [-0.25, -0.2) is 0 Å². The van der Waals surface area contributed by atoms with Crippen LogP contribution in [-0.2, 0) is 4.79 Å².